The molecule has 1 heterocycles. The van der Waals surface area contributed by atoms with E-state index in [1.807, 2.05) is 62.4 Å². The minimum Gasteiger partial charge on any atom is -0.493 e. The van der Waals surface area contributed by atoms with E-state index < -0.39 is 5.97 Å². The van der Waals surface area contributed by atoms with Crippen LogP contribution in [-0.4, -0.2) is 22.7 Å². The monoisotopic (exact) mass is 487 g/mol. The van der Waals surface area contributed by atoms with Gasteiger partial charge >= 0.3 is 5.97 Å². The second kappa shape index (κ2) is 11.3. The highest BCUT2D eigenvalue weighted by atomic mass is 32.2. The molecule has 0 aliphatic carbocycles. The Balaban J connectivity index is 1.38. The summed E-state index contributed by atoms with van der Waals surface area (Å²) in [7, 11) is 0. The van der Waals surface area contributed by atoms with Gasteiger partial charge in [-0.3, -0.25) is 4.79 Å². The quantitative estimate of drug-likeness (QED) is 0.253. The summed E-state index contributed by atoms with van der Waals surface area (Å²) in [6, 6.07) is 24.3. The molecule has 0 saturated carbocycles. The molecular formula is C29H29NO4S. The van der Waals surface area contributed by atoms with Crippen LogP contribution < -0.4 is 4.74 Å². The summed E-state index contributed by atoms with van der Waals surface area (Å²) in [6.07, 6.45) is 0.644. The summed E-state index contributed by atoms with van der Waals surface area (Å²) >= 11 is 1.72. The molecule has 5 nitrogen and oxygen atoms in total. The van der Waals surface area contributed by atoms with Gasteiger partial charge in [0.15, 0.2) is 0 Å². The first kappa shape index (κ1) is 24.6. The summed E-state index contributed by atoms with van der Waals surface area (Å²) in [5.74, 6) is 1.43. The van der Waals surface area contributed by atoms with Crippen LogP contribution in [0.1, 0.15) is 41.8 Å². The second-order valence-corrected chi connectivity index (χ2v) is 9.74. The van der Waals surface area contributed by atoms with Crippen LogP contribution in [-0.2, 0) is 11.2 Å². The number of carboxylic acid groups (broad SMARTS) is 1. The highest BCUT2D eigenvalue weighted by Crippen LogP contribution is 2.31. The third-order valence-corrected chi connectivity index (χ3v) is 6.82. The van der Waals surface area contributed by atoms with Gasteiger partial charge in [-0.1, -0.05) is 43.0 Å². The fourth-order valence-corrected chi connectivity index (χ4v) is 4.70. The standard InChI is InChI=1S/C29H29NO4S/c1-19-17-24(13-9-22(19)12-16-27(31)32)33-18-20(2)28-21(3)34-29(30-28)23-10-14-26(15-11-23)35-25-7-5-4-6-8-25/h4-11,13-15,17,20H,12,16,18H2,1-3H3,(H,31,32)/t20-/m1/s1. The van der Waals surface area contributed by atoms with Gasteiger partial charge in [0.05, 0.1) is 12.3 Å². The average molecular weight is 488 g/mol. The molecule has 0 bridgehead atoms. The highest BCUT2D eigenvalue weighted by Gasteiger charge is 2.18. The molecule has 6 heteroatoms. The number of hydrogen-bond donors (Lipinski definition) is 1. The van der Waals surface area contributed by atoms with Gasteiger partial charge in [-0.2, -0.15) is 0 Å². The van der Waals surface area contributed by atoms with Gasteiger partial charge in [-0.05, 0) is 79.9 Å². The fourth-order valence-electron chi connectivity index (χ4n) is 3.86. The van der Waals surface area contributed by atoms with Crippen molar-refractivity contribution in [1.82, 2.24) is 4.98 Å². The maximum Gasteiger partial charge on any atom is 0.303 e. The lowest BCUT2D eigenvalue weighted by molar-refractivity contribution is -0.136. The molecule has 4 rings (SSSR count). The number of carbonyl (C=O) groups is 1. The molecular weight excluding hydrogens is 458 g/mol. The number of oxazole rings is 1. The van der Waals surface area contributed by atoms with Crippen molar-refractivity contribution in [3.63, 3.8) is 0 Å². The first-order valence-corrected chi connectivity index (χ1v) is 12.5. The normalized spacial score (nSPS) is 11.9. The Morgan fingerprint density at radius 1 is 1.03 bits per heavy atom. The lowest BCUT2D eigenvalue weighted by Crippen LogP contribution is -2.09. The van der Waals surface area contributed by atoms with Crippen LogP contribution in [0.4, 0.5) is 0 Å². The Kier molecular flexibility index (Phi) is 7.93. The van der Waals surface area contributed by atoms with E-state index in [9.17, 15) is 4.79 Å². The van der Waals surface area contributed by atoms with Crippen molar-refractivity contribution < 1.29 is 19.1 Å². The lowest BCUT2D eigenvalue weighted by atomic mass is 10.0. The van der Waals surface area contributed by atoms with Crippen molar-refractivity contribution >= 4 is 17.7 Å². The maximum atomic E-state index is 10.8. The highest BCUT2D eigenvalue weighted by molar-refractivity contribution is 7.99. The number of benzene rings is 3. The number of carboxylic acids is 1. The van der Waals surface area contributed by atoms with Crippen molar-refractivity contribution in [1.29, 1.82) is 0 Å². The Labute approximate surface area is 210 Å². The van der Waals surface area contributed by atoms with Crippen LogP contribution in [0.2, 0.25) is 0 Å². The predicted molar refractivity (Wildman–Crippen MR) is 138 cm³/mol. The molecule has 35 heavy (non-hydrogen) atoms. The number of ether oxygens (including phenoxy) is 1. The topological polar surface area (TPSA) is 72.6 Å². The van der Waals surface area contributed by atoms with Gasteiger partial charge in [-0.15, -0.1) is 0 Å². The van der Waals surface area contributed by atoms with Gasteiger partial charge < -0.3 is 14.3 Å². The number of aliphatic carboxylic acids is 1. The molecule has 1 N–H and O–H groups in total. The fraction of sp³-hybridized carbons (Fsp3) is 0.241. The molecule has 3 aromatic carbocycles. The van der Waals surface area contributed by atoms with E-state index in [1.54, 1.807) is 11.8 Å². The average Bonchev–Trinajstić information content (AvgIpc) is 3.24. The van der Waals surface area contributed by atoms with E-state index in [0.717, 1.165) is 38.8 Å². The molecule has 0 spiro atoms. The molecule has 0 fully saturated rings. The van der Waals surface area contributed by atoms with Gasteiger partial charge in [0.25, 0.3) is 0 Å². The summed E-state index contributed by atoms with van der Waals surface area (Å²) in [4.78, 5) is 18.0. The molecule has 0 amide bonds. The van der Waals surface area contributed by atoms with Crippen LogP contribution in [0.3, 0.4) is 0 Å². The zero-order valence-electron chi connectivity index (χ0n) is 20.2. The van der Waals surface area contributed by atoms with Crippen molar-refractivity contribution in [3.8, 4) is 17.2 Å². The van der Waals surface area contributed by atoms with Crippen LogP contribution in [0.15, 0.2) is 87.0 Å². The predicted octanol–water partition coefficient (Wildman–Crippen LogP) is 7.31. The van der Waals surface area contributed by atoms with E-state index >= 15 is 0 Å². The Hall–Kier alpha value is -3.51. The summed E-state index contributed by atoms with van der Waals surface area (Å²) < 4.78 is 12.0. The Morgan fingerprint density at radius 2 is 1.74 bits per heavy atom. The van der Waals surface area contributed by atoms with E-state index in [0.29, 0.717) is 18.9 Å². The van der Waals surface area contributed by atoms with E-state index in [-0.39, 0.29) is 12.3 Å². The molecule has 1 atom stereocenters. The van der Waals surface area contributed by atoms with Gasteiger partial charge in [0, 0.05) is 27.7 Å². The molecule has 0 aliphatic heterocycles. The minimum absolute atomic E-state index is 0.0485. The number of aryl methyl sites for hydroxylation is 3. The zero-order valence-corrected chi connectivity index (χ0v) is 21.0. The SMILES string of the molecule is Cc1cc(OC[C@@H](C)c2nc(-c3ccc(Sc4ccccc4)cc3)oc2C)ccc1CCC(=O)O. The number of nitrogens with zero attached hydrogens (tertiary/aromatic N) is 1. The summed E-state index contributed by atoms with van der Waals surface area (Å²) in [5, 5.41) is 8.90. The van der Waals surface area contributed by atoms with Crippen molar-refractivity contribution in [2.24, 2.45) is 0 Å². The van der Waals surface area contributed by atoms with Gasteiger partial charge in [0.2, 0.25) is 5.89 Å². The molecule has 180 valence electrons. The zero-order chi connectivity index (χ0) is 24.8. The second-order valence-electron chi connectivity index (χ2n) is 8.59. The van der Waals surface area contributed by atoms with Crippen LogP contribution >= 0.6 is 11.8 Å². The van der Waals surface area contributed by atoms with Crippen molar-refractivity contribution in [2.45, 2.75) is 49.3 Å². The lowest BCUT2D eigenvalue weighted by Gasteiger charge is -2.13. The van der Waals surface area contributed by atoms with Crippen LogP contribution in [0, 0.1) is 13.8 Å². The molecule has 1 aromatic heterocycles. The Morgan fingerprint density at radius 3 is 2.43 bits per heavy atom. The maximum absolute atomic E-state index is 10.8. The van der Waals surface area contributed by atoms with Gasteiger partial charge in [-0.25, -0.2) is 4.98 Å². The van der Waals surface area contributed by atoms with Crippen LogP contribution in [0.5, 0.6) is 5.75 Å². The largest absolute Gasteiger partial charge is 0.493 e. The van der Waals surface area contributed by atoms with Gasteiger partial charge in [0.1, 0.15) is 11.5 Å². The smallest absolute Gasteiger partial charge is 0.303 e. The first-order valence-electron chi connectivity index (χ1n) is 11.6. The molecule has 0 saturated heterocycles. The summed E-state index contributed by atoms with van der Waals surface area (Å²) in [5.41, 5.74) is 3.89. The molecule has 0 aliphatic rings. The van der Waals surface area contributed by atoms with E-state index in [1.165, 1.54) is 4.90 Å². The van der Waals surface area contributed by atoms with Crippen molar-refractivity contribution in [3.05, 3.63) is 95.4 Å². The Bertz CT molecular complexity index is 1280. The van der Waals surface area contributed by atoms with Crippen LogP contribution in [0.25, 0.3) is 11.5 Å². The first-order chi connectivity index (χ1) is 16.9. The van der Waals surface area contributed by atoms with E-state index in [2.05, 4.69) is 31.2 Å². The summed E-state index contributed by atoms with van der Waals surface area (Å²) in [6.45, 7) is 6.45. The van der Waals surface area contributed by atoms with Crippen molar-refractivity contribution in [2.75, 3.05) is 6.61 Å². The number of hydrogen-bond acceptors (Lipinski definition) is 5. The van der Waals surface area contributed by atoms with E-state index in [4.69, 9.17) is 19.2 Å². The molecule has 0 radical (unpaired) electrons. The third-order valence-electron chi connectivity index (χ3n) is 5.80. The molecule has 0 unspecified atom stereocenters. The molecule has 4 aromatic rings. The number of rotatable bonds is 10. The number of aromatic nitrogens is 1. The third kappa shape index (κ3) is 6.55. The minimum atomic E-state index is -0.789.